The highest BCUT2D eigenvalue weighted by molar-refractivity contribution is 5.88. The third kappa shape index (κ3) is 3.35. The molecule has 1 N–H and O–H groups in total. The van der Waals surface area contributed by atoms with Gasteiger partial charge in [0.05, 0.1) is 17.2 Å². The van der Waals surface area contributed by atoms with Crippen molar-refractivity contribution in [2.24, 2.45) is 0 Å². The highest BCUT2D eigenvalue weighted by Crippen LogP contribution is 2.32. The number of hydrogen-bond acceptors (Lipinski definition) is 5. The van der Waals surface area contributed by atoms with Crippen LogP contribution in [0.25, 0.3) is 27.7 Å². The van der Waals surface area contributed by atoms with Crippen LogP contribution in [0.2, 0.25) is 0 Å². The number of nitrogens with zero attached hydrogens (tertiary/aromatic N) is 6. The van der Waals surface area contributed by atoms with Crippen molar-refractivity contribution in [3.8, 4) is 11.1 Å². The molecule has 1 fully saturated rings. The molecule has 0 amide bonds. The molecule has 0 unspecified atom stereocenters. The molecule has 1 aromatic carbocycles. The fourth-order valence-electron chi connectivity index (χ4n) is 4.60. The average molecular weight is 422 g/mol. The first-order chi connectivity index (χ1) is 14.8. The molecule has 8 heteroatoms. The van der Waals surface area contributed by atoms with Crippen LogP contribution in [0.4, 0.5) is 10.3 Å². The lowest BCUT2D eigenvalue weighted by atomic mass is 9.86. The summed E-state index contributed by atoms with van der Waals surface area (Å²) in [4.78, 5) is 11.2. The van der Waals surface area contributed by atoms with Crippen molar-refractivity contribution < 1.29 is 4.39 Å². The van der Waals surface area contributed by atoms with Gasteiger partial charge in [0.1, 0.15) is 11.3 Å². The summed E-state index contributed by atoms with van der Waals surface area (Å²) in [5.41, 5.74) is 3.76. The summed E-state index contributed by atoms with van der Waals surface area (Å²) in [6.07, 6.45) is 5.88. The molecular formula is C23H28FN7. The Labute approximate surface area is 180 Å². The minimum Gasteiger partial charge on any atom is -0.350 e. The maximum Gasteiger partial charge on any atom is 0.241 e. The summed E-state index contributed by atoms with van der Waals surface area (Å²) in [5.74, 6) is 1.12. The number of imidazole rings is 1. The van der Waals surface area contributed by atoms with Gasteiger partial charge in [-0.15, -0.1) is 5.10 Å². The summed E-state index contributed by atoms with van der Waals surface area (Å²) >= 11 is 0. The molecule has 0 aliphatic heterocycles. The zero-order valence-corrected chi connectivity index (χ0v) is 18.6. The topological polar surface area (TPSA) is 63.3 Å². The second kappa shape index (κ2) is 7.30. The zero-order chi connectivity index (χ0) is 21.9. The molecule has 7 nitrogen and oxygen atoms in total. The molecule has 1 aliphatic carbocycles. The van der Waals surface area contributed by atoms with E-state index in [9.17, 15) is 4.39 Å². The number of nitrogens with one attached hydrogen (secondary N) is 1. The minimum absolute atomic E-state index is 0.195. The Bertz CT molecular complexity index is 1260. The Hall–Kier alpha value is -3.00. The quantitative estimate of drug-likeness (QED) is 0.521. The summed E-state index contributed by atoms with van der Waals surface area (Å²) in [6, 6.07) is 6.74. The van der Waals surface area contributed by atoms with Crippen molar-refractivity contribution in [2.45, 2.75) is 51.7 Å². The number of rotatable bonds is 5. The molecule has 0 saturated heterocycles. The summed E-state index contributed by atoms with van der Waals surface area (Å²) < 4.78 is 18.8. The normalized spacial score (nSPS) is 19.0. The van der Waals surface area contributed by atoms with Crippen molar-refractivity contribution in [2.75, 3.05) is 19.4 Å². The van der Waals surface area contributed by atoms with E-state index in [1.807, 2.05) is 25.3 Å². The standard InChI is InChI=1S/C23H28FN7/c1-13(2)31-14(3)26-22-19(24)8-15(9-20(22)31)18-6-7-30-21(18)12-25-23(28-30)27-16-10-17(11-16)29(4)5/h6-9,12-13,16-17H,10-11H2,1-5H3,(H,27,28). The van der Waals surface area contributed by atoms with E-state index in [-0.39, 0.29) is 11.9 Å². The molecule has 0 atom stereocenters. The number of hydrogen-bond donors (Lipinski definition) is 1. The third-order valence-corrected chi connectivity index (χ3v) is 6.35. The van der Waals surface area contributed by atoms with E-state index in [2.05, 4.69) is 57.8 Å². The smallest absolute Gasteiger partial charge is 0.241 e. The summed E-state index contributed by atoms with van der Waals surface area (Å²) in [7, 11) is 4.22. The van der Waals surface area contributed by atoms with E-state index in [1.165, 1.54) is 0 Å². The average Bonchev–Trinajstić information content (AvgIpc) is 3.24. The highest BCUT2D eigenvalue weighted by atomic mass is 19.1. The van der Waals surface area contributed by atoms with Crippen molar-refractivity contribution in [1.29, 1.82) is 0 Å². The van der Waals surface area contributed by atoms with Crippen LogP contribution in [-0.2, 0) is 0 Å². The number of aryl methyl sites for hydroxylation is 1. The van der Waals surface area contributed by atoms with Crippen LogP contribution >= 0.6 is 0 Å². The second-order valence-electron chi connectivity index (χ2n) is 9.02. The Morgan fingerprint density at radius 2 is 1.97 bits per heavy atom. The van der Waals surface area contributed by atoms with Gasteiger partial charge in [0, 0.05) is 29.9 Å². The van der Waals surface area contributed by atoms with E-state index >= 15 is 0 Å². The molecule has 3 aromatic heterocycles. The van der Waals surface area contributed by atoms with Gasteiger partial charge in [0.25, 0.3) is 0 Å². The van der Waals surface area contributed by atoms with Crippen LogP contribution in [-0.4, -0.2) is 55.2 Å². The van der Waals surface area contributed by atoms with Crippen molar-refractivity contribution in [1.82, 2.24) is 29.0 Å². The molecule has 162 valence electrons. The number of halogens is 1. The lowest BCUT2D eigenvalue weighted by Gasteiger charge is -2.39. The molecular weight excluding hydrogens is 393 g/mol. The minimum atomic E-state index is -0.311. The molecule has 3 heterocycles. The highest BCUT2D eigenvalue weighted by Gasteiger charge is 2.31. The number of fused-ring (bicyclic) bond motifs is 2. The molecule has 1 aliphatic rings. The van der Waals surface area contributed by atoms with Gasteiger partial charge in [-0.1, -0.05) is 0 Å². The molecule has 5 rings (SSSR count). The van der Waals surface area contributed by atoms with Crippen LogP contribution in [0.1, 0.15) is 38.6 Å². The summed E-state index contributed by atoms with van der Waals surface area (Å²) in [6.45, 7) is 6.08. The van der Waals surface area contributed by atoms with Gasteiger partial charge in [0.2, 0.25) is 5.95 Å². The van der Waals surface area contributed by atoms with Crippen LogP contribution in [0, 0.1) is 12.7 Å². The predicted molar refractivity (Wildman–Crippen MR) is 121 cm³/mol. The number of aromatic nitrogens is 5. The maximum atomic E-state index is 14.9. The Morgan fingerprint density at radius 3 is 2.68 bits per heavy atom. The first-order valence-corrected chi connectivity index (χ1v) is 10.8. The third-order valence-electron chi connectivity index (χ3n) is 6.35. The second-order valence-corrected chi connectivity index (χ2v) is 9.02. The van der Waals surface area contributed by atoms with Gasteiger partial charge in [-0.3, -0.25) is 0 Å². The predicted octanol–water partition coefficient (Wildman–Crippen LogP) is 4.28. The number of benzene rings is 1. The first kappa shape index (κ1) is 19.9. The monoisotopic (exact) mass is 421 g/mol. The van der Waals surface area contributed by atoms with E-state index in [1.54, 1.807) is 16.8 Å². The molecule has 0 radical (unpaired) electrons. The Kier molecular flexibility index (Phi) is 4.69. The van der Waals surface area contributed by atoms with E-state index < -0.39 is 0 Å². The van der Waals surface area contributed by atoms with Gasteiger partial charge in [0.15, 0.2) is 5.82 Å². The largest absolute Gasteiger partial charge is 0.350 e. The van der Waals surface area contributed by atoms with Crippen molar-refractivity contribution in [3.63, 3.8) is 0 Å². The number of anilines is 1. The molecule has 0 spiro atoms. The molecule has 4 aromatic rings. The van der Waals surface area contributed by atoms with E-state index in [0.717, 1.165) is 40.8 Å². The van der Waals surface area contributed by atoms with Gasteiger partial charge < -0.3 is 14.8 Å². The van der Waals surface area contributed by atoms with Crippen LogP contribution in [0.5, 0.6) is 0 Å². The van der Waals surface area contributed by atoms with Crippen LogP contribution < -0.4 is 5.32 Å². The molecule has 1 saturated carbocycles. The lowest BCUT2D eigenvalue weighted by Crippen LogP contribution is -2.47. The maximum absolute atomic E-state index is 14.9. The van der Waals surface area contributed by atoms with Crippen molar-refractivity contribution >= 4 is 22.5 Å². The molecule has 31 heavy (non-hydrogen) atoms. The van der Waals surface area contributed by atoms with Gasteiger partial charge in [-0.05, 0) is 71.5 Å². The van der Waals surface area contributed by atoms with E-state index in [0.29, 0.717) is 23.5 Å². The zero-order valence-electron chi connectivity index (χ0n) is 18.6. The Balaban J connectivity index is 1.48. The van der Waals surface area contributed by atoms with Gasteiger partial charge in [-0.25, -0.2) is 18.9 Å². The Morgan fingerprint density at radius 1 is 1.19 bits per heavy atom. The van der Waals surface area contributed by atoms with Gasteiger partial charge >= 0.3 is 0 Å². The van der Waals surface area contributed by atoms with Crippen molar-refractivity contribution in [3.05, 3.63) is 42.2 Å². The lowest BCUT2D eigenvalue weighted by molar-refractivity contribution is 0.177. The van der Waals surface area contributed by atoms with Gasteiger partial charge in [-0.2, -0.15) is 0 Å². The fraction of sp³-hybridized carbons (Fsp3) is 0.435. The molecule has 0 bridgehead atoms. The fourth-order valence-corrected chi connectivity index (χ4v) is 4.60. The van der Waals surface area contributed by atoms with Crippen LogP contribution in [0.15, 0.2) is 30.6 Å². The first-order valence-electron chi connectivity index (χ1n) is 10.8. The summed E-state index contributed by atoms with van der Waals surface area (Å²) in [5, 5.41) is 8.04. The van der Waals surface area contributed by atoms with Crippen LogP contribution in [0.3, 0.4) is 0 Å². The SMILES string of the molecule is Cc1nc2c(F)cc(-c3ccn4nc(NC5CC(N(C)C)C5)ncc34)cc2n1C(C)C. The van der Waals surface area contributed by atoms with E-state index in [4.69, 9.17) is 0 Å².